The summed E-state index contributed by atoms with van der Waals surface area (Å²) in [5, 5.41) is 7.26. The number of rotatable bonds is 3. The van der Waals surface area contributed by atoms with Crippen molar-refractivity contribution in [2.24, 2.45) is 0 Å². The molecule has 0 aliphatic carbocycles. The van der Waals surface area contributed by atoms with E-state index in [1.165, 1.54) is 54.6 Å². The quantitative estimate of drug-likeness (QED) is 0.192. The van der Waals surface area contributed by atoms with E-state index in [-0.39, 0.29) is 0 Å². The van der Waals surface area contributed by atoms with Gasteiger partial charge in [0, 0.05) is 49.8 Å². The number of benzene rings is 7. The van der Waals surface area contributed by atoms with Crippen molar-refractivity contribution in [2.45, 2.75) is 0 Å². The average molecular weight is 588 g/mol. The van der Waals surface area contributed by atoms with Gasteiger partial charge in [-0.3, -0.25) is 0 Å². The van der Waals surface area contributed by atoms with Crippen molar-refractivity contribution in [1.29, 1.82) is 0 Å². The molecule has 0 spiro atoms. The monoisotopic (exact) mass is 587 g/mol. The number of furan rings is 1. The molecule has 0 amide bonds. The Kier molecular flexibility index (Phi) is 4.55. The Morgan fingerprint density at radius 1 is 0.391 bits per heavy atom. The van der Waals surface area contributed by atoms with Gasteiger partial charge in [0.05, 0.1) is 38.8 Å². The number of aromatic nitrogens is 2. The third-order valence-electron chi connectivity index (χ3n) is 9.80. The summed E-state index contributed by atoms with van der Waals surface area (Å²) < 4.78 is 11.3. The van der Waals surface area contributed by atoms with Crippen molar-refractivity contribution >= 4 is 93.6 Å². The number of anilines is 3. The van der Waals surface area contributed by atoms with Crippen molar-refractivity contribution in [3.8, 4) is 0 Å². The van der Waals surface area contributed by atoms with E-state index < -0.39 is 0 Å². The first kappa shape index (κ1) is 24.1. The SMILES string of the molecule is c1ccc(N(c2ccc3c(c2)oc2ccccc23)c2ccc3c4c2c2ccccc2n4c2cccc4c5ccccc5n3c42)cc1. The molecular weight excluding hydrogens is 562 g/mol. The number of nitrogens with zero attached hydrogens (tertiary/aromatic N) is 3. The molecule has 4 nitrogen and oxygen atoms in total. The number of para-hydroxylation sites is 5. The van der Waals surface area contributed by atoms with Gasteiger partial charge < -0.3 is 18.1 Å². The van der Waals surface area contributed by atoms with Gasteiger partial charge in [-0.15, -0.1) is 0 Å². The summed E-state index contributed by atoms with van der Waals surface area (Å²) in [5.74, 6) is 0. The first-order valence-electron chi connectivity index (χ1n) is 15.7. The second-order valence-electron chi connectivity index (χ2n) is 12.2. The van der Waals surface area contributed by atoms with Crippen LogP contribution in [0.1, 0.15) is 0 Å². The van der Waals surface area contributed by atoms with Crippen molar-refractivity contribution in [3.63, 3.8) is 0 Å². The molecule has 0 N–H and O–H groups in total. The highest BCUT2D eigenvalue weighted by atomic mass is 16.3. The molecule has 0 bridgehead atoms. The molecule has 0 aliphatic rings. The van der Waals surface area contributed by atoms with E-state index >= 15 is 0 Å². The Hall–Kier alpha value is -6.26. The van der Waals surface area contributed by atoms with Gasteiger partial charge in [-0.2, -0.15) is 0 Å². The molecule has 0 saturated carbocycles. The molecule has 4 aromatic heterocycles. The van der Waals surface area contributed by atoms with Crippen molar-refractivity contribution in [1.82, 2.24) is 8.80 Å². The lowest BCUT2D eigenvalue weighted by atomic mass is 10.1. The molecule has 4 heterocycles. The standard InChI is InChI=1S/C42H25N3O/c1-2-11-26(12-3-1)43(27-21-22-30-29-14-6-9-20-38(29)46-39(30)25-27)35-23-24-37-42-40(35)32-15-5-8-18-34(32)45(42)36-19-10-16-31-28-13-4-7-17-33(28)44(37)41(31)36/h1-25H. The van der Waals surface area contributed by atoms with Crippen LogP contribution in [0.4, 0.5) is 17.1 Å². The molecule has 4 heteroatoms. The van der Waals surface area contributed by atoms with E-state index in [9.17, 15) is 0 Å². The van der Waals surface area contributed by atoms with Gasteiger partial charge in [0.1, 0.15) is 11.2 Å². The minimum atomic E-state index is 0.881. The van der Waals surface area contributed by atoms with Crippen LogP contribution in [0.3, 0.4) is 0 Å². The molecule has 46 heavy (non-hydrogen) atoms. The Morgan fingerprint density at radius 3 is 1.89 bits per heavy atom. The van der Waals surface area contributed by atoms with E-state index in [1.54, 1.807) is 0 Å². The van der Waals surface area contributed by atoms with Crippen molar-refractivity contribution < 1.29 is 4.42 Å². The number of hydrogen-bond donors (Lipinski definition) is 0. The summed E-state index contributed by atoms with van der Waals surface area (Å²) in [6.07, 6.45) is 0. The maximum atomic E-state index is 6.39. The van der Waals surface area contributed by atoms with E-state index in [2.05, 4.69) is 153 Å². The first-order valence-corrected chi connectivity index (χ1v) is 15.7. The largest absolute Gasteiger partial charge is 0.456 e. The Morgan fingerprint density at radius 2 is 1.02 bits per heavy atom. The van der Waals surface area contributed by atoms with E-state index in [0.29, 0.717) is 0 Å². The number of fused-ring (bicyclic) bond motifs is 11. The highest BCUT2D eigenvalue weighted by molar-refractivity contribution is 6.25. The summed E-state index contributed by atoms with van der Waals surface area (Å²) in [7, 11) is 0. The van der Waals surface area contributed by atoms with Crippen molar-refractivity contribution in [2.75, 3.05) is 4.90 Å². The molecule has 0 atom stereocenters. The third-order valence-corrected chi connectivity index (χ3v) is 9.80. The van der Waals surface area contributed by atoms with E-state index in [0.717, 1.165) is 39.0 Å². The zero-order valence-corrected chi connectivity index (χ0v) is 24.7. The molecule has 0 aliphatic heterocycles. The smallest absolute Gasteiger partial charge is 0.137 e. The molecule has 7 aromatic carbocycles. The van der Waals surface area contributed by atoms with Gasteiger partial charge in [-0.1, -0.05) is 84.9 Å². The highest BCUT2D eigenvalue weighted by Gasteiger charge is 2.25. The maximum Gasteiger partial charge on any atom is 0.137 e. The lowest BCUT2D eigenvalue weighted by Gasteiger charge is -2.27. The molecule has 11 aromatic rings. The zero-order chi connectivity index (χ0) is 29.9. The molecular formula is C42H25N3O. The van der Waals surface area contributed by atoms with Crippen LogP contribution in [-0.2, 0) is 0 Å². The summed E-state index contributed by atoms with van der Waals surface area (Å²) in [6.45, 7) is 0. The van der Waals surface area contributed by atoms with Crippen LogP contribution in [-0.4, -0.2) is 8.80 Å². The van der Waals surface area contributed by atoms with Crippen LogP contribution < -0.4 is 4.90 Å². The molecule has 0 radical (unpaired) electrons. The molecule has 0 fully saturated rings. The lowest BCUT2D eigenvalue weighted by Crippen LogP contribution is -2.10. The predicted octanol–water partition coefficient (Wildman–Crippen LogP) is 11.6. The fourth-order valence-corrected chi connectivity index (χ4v) is 7.97. The highest BCUT2D eigenvalue weighted by Crippen LogP contribution is 2.47. The van der Waals surface area contributed by atoms with Gasteiger partial charge >= 0.3 is 0 Å². The second kappa shape index (κ2) is 8.68. The van der Waals surface area contributed by atoms with Crippen molar-refractivity contribution in [3.05, 3.63) is 152 Å². The van der Waals surface area contributed by atoms with Crippen LogP contribution >= 0.6 is 0 Å². The van der Waals surface area contributed by atoms with Gasteiger partial charge in [0.15, 0.2) is 0 Å². The average Bonchev–Trinajstić information content (AvgIpc) is 3.77. The van der Waals surface area contributed by atoms with Crippen LogP contribution in [0.5, 0.6) is 0 Å². The third kappa shape index (κ3) is 2.98. The summed E-state index contributed by atoms with van der Waals surface area (Å²) in [6, 6.07) is 54.5. The van der Waals surface area contributed by atoms with Crippen LogP contribution in [0.25, 0.3) is 76.6 Å². The van der Waals surface area contributed by atoms with Gasteiger partial charge in [0.25, 0.3) is 0 Å². The Balaban J connectivity index is 1.31. The first-order chi connectivity index (χ1) is 22.8. The van der Waals surface area contributed by atoms with Crippen LogP contribution in [0, 0.1) is 0 Å². The Bertz CT molecular complexity index is 2980. The van der Waals surface area contributed by atoms with E-state index in [4.69, 9.17) is 4.42 Å². The summed E-state index contributed by atoms with van der Waals surface area (Å²) >= 11 is 0. The van der Waals surface area contributed by atoms with Gasteiger partial charge in [0.2, 0.25) is 0 Å². The molecule has 11 rings (SSSR count). The zero-order valence-electron chi connectivity index (χ0n) is 24.7. The van der Waals surface area contributed by atoms with Gasteiger partial charge in [-0.05, 0) is 60.7 Å². The fraction of sp³-hybridized carbons (Fsp3) is 0. The van der Waals surface area contributed by atoms with Gasteiger partial charge in [-0.25, -0.2) is 0 Å². The normalized spacial score (nSPS) is 12.3. The Labute approximate surface area is 262 Å². The molecule has 214 valence electrons. The molecule has 0 saturated heterocycles. The predicted molar refractivity (Wildman–Crippen MR) is 192 cm³/mol. The summed E-state index contributed by atoms with van der Waals surface area (Å²) in [5.41, 5.74) is 12.4. The fourth-order valence-electron chi connectivity index (χ4n) is 7.97. The maximum absolute atomic E-state index is 6.39. The second-order valence-corrected chi connectivity index (χ2v) is 12.2. The minimum Gasteiger partial charge on any atom is -0.456 e. The number of hydrogen-bond acceptors (Lipinski definition) is 2. The lowest BCUT2D eigenvalue weighted by molar-refractivity contribution is 0.669. The van der Waals surface area contributed by atoms with E-state index in [1.807, 2.05) is 12.1 Å². The molecule has 0 unspecified atom stereocenters. The summed E-state index contributed by atoms with van der Waals surface area (Å²) in [4.78, 5) is 2.38. The van der Waals surface area contributed by atoms with Crippen LogP contribution in [0.15, 0.2) is 156 Å². The van der Waals surface area contributed by atoms with Crippen LogP contribution in [0.2, 0.25) is 0 Å². The topological polar surface area (TPSA) is 25.2 Å². The minimum absolute atomic E-state index is 0.881.